The normalized spacial score (nSPS) is 19.1. The van der Waals surface area contributed by atoms with Crippen molar-refractivity contribution in [2.75, 3.05) is 10.7 Å². The number of carbonyl (C=O) groups excluding carboxylic acids is 1. The van der Waals surface area contributed by atoms with Gasteiger partial charge >= 0.3 is 12.4 Å². The van der Waals surface area contributed by atoms with Gasteiger partial charge in [0.05, 0.1) is 5.69 Å². The minimum absolute atomic E-state index is 0.0831. The molecule has 44 heavy (non-hydrogen) atoms. The van der Waals surface area contributed by atoms with Gasteiger partial charge in [-0.1, -0.05) is 55.9 Å². The third-order valence-corrected chi connectivity index (χ3v) is 8.86. The minimum Gasteiger partial charge on any atom is -0.406 e. The van der Waals surface area contributed by atoms with E-state index in [1.807, 2.05) is 30.3 Å². The first kappa shape index (κ1) is 29.7. The van der Waals surface area contributed by atoms with Gasteiger partial charge in [-0.05, 0) is 78.8 Å². The summed E-state index contributed by atoms with van der Waals surface area (Å²) >= 11 is 1.60. The van der Waals surface area contributed by atoms with Gasteiger partial charge < -0.3 is 15.0 Å². The first-order valence-electron chi connectivity index (χ1n) is 14.3. The zero-order valence-corrected chi connectivity index (χ0v) is 25.2. The lowest BCUT2D eigenvalue weighted by atomic mass is 10.00. The molecule has 228 valence electrons. The fourth-order valence-electron chi connectivity index (χ4n) is 5.62. The molecule has 1 aliphatic carbocycles. The highest BCUT2D eigenvalue weighted by Crippen LogP contribution is 2.35. The van der Waals surface area contributed by atoms with Gasteiger partial charge in [0.25, 0.3) is 0 Å². The molecule has 1 fully saturated rings. The van der Waals surface area contributed by atoms with Crippen molar-refractivity contribution in [2.24, 2.45) is 4.99 Å². The average Bonchev–Trinajstić information content (AvgIpc) is 3.70. The van der Waals surface area contributed by atoms with E-state index in [2.05, 4.69) is 62.9 Å². The number of hydrogen-bond acceptors (Lipinski definition) is 5. The van der Waals surface area contributed by atoms with E-state index in [0.29, 0.717) is 35.4 Å². The van der Waals surface area contributed by atoms with Crippen LogP contribution in [-0.2, 0) is 12.8 Å². The van der Waals surface area contributed by atoms with Gasteiger partial charge in [0.15, 0.2) is 11.0 Å². The molecule has 0 saturated carbocycles. The van der Waals surface area contributed by atoms with Crippen molar-refractivity contribution < 1.29 is 22.7 Å². The molecule has 4 aromatic rings. The molecule has 8 nitrogen and oxygen atoms in total. The van der Waals surface area contributed by atoms with Crippen molar-refractivity contribution >= 4 is 28.6 Å². The zero-order valence-electron chi connectivity index (χ0n) is 24.4. The molecule has 1 N–H and O–H groups in total. The number of ether oxygens (including phenoxy) is 1. The predicted molar refractivity (Wildman–Crippen MR) is 166 cm³/mol. The third kappa shape index (κ3) is 6.45. The average molecular weight is 621 g/mol. The molecule has 2 aliphatic rings. The first-order chi connectivity index (χ1) is 21.0. The van der Waals surface area contributed by atoms with Crippen LogP contribution >= 0.6 is 11.8 Å². The summed E-state index contributed by atoms with van der Waals surface area (Å²) in [5.41, 5.74) is 5.91. The van der Waals surface area contributed by atoms with Crippen LogP contribution in [0.4, 0.5) is 23.7 Å². The Morgan fingerprint density at radius 1 is 1.07 bits per heavy atom. The summed E-state index contributed by atoms with van der Waals surface area (Å²) in [6.45, 7) is 6.48. The number of aliphatic imine (C=N–C) groups is 1. The second kappa shape index (κ2) is 12.0. The number of anilines is 1. The lowest BCUT2D eigenvalue weighted by Gasteiger charge is -2.27. The number of benzene rings is 3. The molecule has 3 aromatic carbocycles. The number of halogens is 3. The second-order valence-electron chi connectivity index (χ2n) is 11.2. The van der Waals surface area contributed by atoms with Crippen LogP contribution in [-0.4, -0.2) is 50.2 Å². The van der Waals surface area contributed by atoms with Gasteiger partial charge in [-0.2, -0.15) is 4.99 Å². The number of urea groups is 1. The number of thioether (sulfide) groups is 1. The zero-order chi connectivity index (χ0) is 31.0. The standard InChI is InChI=1S/C32H31F3N6O2S/c1-19(2)27-6-4-5-7-28(27)41-20(3)17-44-31(41)38-30(42)37-24-15-21-8-9-22(14-23(21)16-24)29-36-18-40(39-29)25-10-12-26(13-11-25)43-32(33,34)35/h4-14,18-20,24H,15-17H2,1-3H3,(H,37,42)/b38-31-. The van der Waals surface area contributed by atoms with Crippen LogP contribution in [0.25, 0.3) is 17.1 Å². The largest absolute Gasteiger partial charge is 0.573 e. The smallest absolute Gasteiger partial charge is 0.406 e. The Bertz CT molecular complexity index is 1700. The summed E-state index contributed by atoms with van der Waals surface area (Å²) in [7, 11) is 0. The van der Waals surface area contributed by atoms with Gasteiger partial charge in [0, 0.05) is 29.1 Å². The van der Waals surface area contributed by atoms with Crippen molar-refractivity contribution in [1.82, 2.24) is 20.1 Å². The van der Waals surface area contributed by atoms with E-state index in [1.54, 1.807) is 11.8 Å². The van der Waals surface area contributed by atoms with Crippen LogP contribution in [0, 0.1) is 0 Å². The maximum absolute atomic E-state index is 13.1. The molecule has 1 aliphatic heterocycles. The molecule has 12 heteroatoms. The molecule has 1 aromatic heterocycles. The lowest BCUT2D eigenvalue weighted by Crippen LogP contribution is -2.36. The van der Waals surface area contributed by atoms with E-state index >= 15 is 0 Å². The van der Waals surface area contributed by atoms with E-state index in [9.17, 15) is 18.0 Å². The lowest BCUT2D eigenvalue weighted by molar-refractivity contribution is -0.274. The number of amides is 2. The molecular weight excluding hydrogens is 589 g/mol. The molecule has 0 radical (unpaired) electrons. The molecule has 1 saturated heterocycles. The second-order valence-corrected chi connectivity index (χ2v) is 12.2. The quantitative estimate of drug-likeness (QED) is 0.247. The Labute approximate surface area is 257 Å². The van der Waals surface area contributed by atoms with Crippen LogP contribution in [0.15, 0.2) is 78.0 Å². The maximum Gasteiger partial charge on any atom is 0.573 e. The van der Waals surface area contributed by atoms with Gasteiger partial charge in [-0.25, -0.2) is 14.5 Å². The maximum atomic E-state index is 13.1. The van der Waals surface area contributed by atoms with E-state index in [-0.39, 0.29) is 23.9 Å². The van der Waals surface area contributed by atoms with Crippen LogP contribution in [0.5, 0.6) is 5.75 Å². The summed E-state index contributed by atoms with van der Waals surface area (Å²) < 4.78 is 42.8. The SMILES string of the molecule is CC(C)c1ccccc1N1/C(=N/C(=O)NC2Cc3ccc(-c4ncn(-c5ccc(OC(F)(F)F)cc5)n4)cc3C2)SCC1C. The number of carbonyl (C=O) groups is 1. The van der Waals surface area contributed by atoms with Gasteiger partial charge in [-0.3, -0.25) is 0 Å². The summed E-state index contributed by atoms with van der Waals surface area (Å²) in [5, 5.41) is 8.32. The van der Waals surface area contributed by atoms with Crippen molar-refractivity contribution in [2.45, 2.75) is 58.0 Å². The molecule has 2 atom stereocenters. The van der Waals surface area contributed by atoms with Crippen LogP contribution in [0.1, 0.15) is 43.4 Å². The molecule has 6 rings (SSSR count). The van der Waals surface area contributed by atoms with Crippen molar-refractivity contribution in [3.63, 3.8) is 0 Å². The number of nitrogens with one attached hydrogen (secondary N) is 1. The molecule has 0 bridgehead atoms. The molecule has 2 amide bonds. The number of alkyl halides is 3. The highest BCUT2D eigenvalue weighted by atomic mass is 32.2. The molecule has 2 unspecified atom stereocenters. The number of aromatic nitrogens is 3. The number of hydrogen-bond donors (Lipinski definition) is 1. The van der Waals surface area contributed by atoms with Crippen molar-refractivity contribution in [3.05, 3.63) is 89.7 Å². The Hall–Kier alpha value is -4.32. The number of nitrogens with zero attached hydrogens (tertiary/aromatic N) is 5. The number of amidine groups is 1. The summed E-state index contributed by atoms with van der Waals surface area (Å²) in [4.78, 5) is 24.2. The number of para-hydroxylation sites is 1. The third-order valence-electron chi connectivity index (χ3n) is 7.67. The Morgan fingerprint density at radius 2 is 1.82 bits per heavy atom. The van der Waals surface area contributed by atoms with E-state index < -0.39 is 6.36 Å². The molecular formula is C32H31F3N6O2S. The van der Waals surface area contributed by atoms with Crippen molar-refractivity contribution in [3.8, 4) is 22.8 Å². The fraction of sp³-hybridized carbons (Fsp3) is 0.312. The van der Waals surface area contributed by atoms with Crippen LogP contribution < -0.4 is 15.0 Å². The summed E-state index contributed by atoms with van der Waals surface area (Å²) in [6, 6.07) is 19.5. The number of rotatable bonds is 6. The summed E-state index contributed by atoms with van der Waals surface area (Å²) in [5.74, 6) is 1.38. The topological polar surface area (TPSA) is 84.6 Å². The van der Waals surface area contributed by atoms with E-state index in [1.165, 1.54) is 40.8 Å². The molecule has 2 heterocycles. The Morgan fingerprint density at radius 3 is 2.57 bits per heavy atom. The van der Waals surface area contributed by atoms with Crippen molar-refractivity contribution in [1.29, 1.82) is 0 Å². The van der Waals surface area contributed by atoms with Gasteiger partial charge in [0.1, 0.15) is 12.1 Å². The minimum atomic E-state index is -4.75. The predicted octanol–water partition coefficient (Wildman–Crippen LogP) is 7.13. The van der Waals surface area contributed by atoms with Crippen LogP contribution in [0.3, 0.4) is 0 Å². The Kier molecular flexibility index (Phi) is 8.10. The molecule has 0 spiro atoms. The number of fused-ring (bicyclic) bond motifs is 1. The monoisotopic (exact) mass is 620 g/mol. The first-order valence-corrected chi connectivity index (χ1v) is 15.3. The fourth-order valence-corrected chi connectivity index (χ4v) is 6.73. The van der Waals surface area contributed by atoms with E-state index in [0.717, 1.165) is 28.1 Å². The highest BCUT2D eigenvalue weighted by Gasteiger charge is 2.32. The van der Waals surface area contributed by atoms with Gasteiger partial charge in [0.2, 0.25) is 0 Å². The van der Waals surface area contributed by atoms with E-state index in [4.69, 9.17) is 0 Å². The summed E-state index contributed by atoms with van der Waals surface area (Å²) in [6.07, 6.45) is -1.89. The van der Waals surface area contributed by atoms with Gasteiger partial charge in [-0.15, -0.1) is 18.3 Å². The van der Waals surface area contributed by atoms with Crippen LogP contribution in [0.2, 0.25) is 0 Å². The Balaban J connectivity index is 1.12. The highest BCUT2D eigenvalue weighted by molar-refractivity contribution is 8.14.